The minimum atomic E-state index is -4.46. The highest BCUT2D eigenvalue weighted by Crippen LogP contribution is 2.25. The Bertz CT molecular complexity index is 950. The molecule has 0 aliphatic heterocycles. The van der Waals surface area contributed by atoms with Crippen molar-refractivity contribution in [1.29, 1.82) is 0 Å². The lowest BCUT2D eigenvalue weighted by Crippen LogP contribution is -2.02. The van der Waals surface area contributed by atoms with Gasteiger partial charge in [0.25, 0.3) is 10.1 Å². The van der Waals surface area contributed by atoms with Gasteiger partial charge in [0.2, 0.25) is 0 Å². The monoisotopic (exact) mass is 380 g/mol. The van der Waals surface area contributed by atoms with Crippen molar-refractivity contribution in [2.45, 2.75) is 29.6 Å². The number of rotatable bonds is 5. The molecule has 2 rings (SSSR count). The molecule has 0 spiro atoms. The Kier molecular flexibility index (Phi) is 5.79. The molecule has 2 aromatic rings. The fraction of sp³-hybridized carbons (Fsp3) is 0.176. The van der Waals surface area contributed by atoms with Crippen LogP contribution in [-0.4, -0.2) is 21.7 Å². The first-order valence-electron chi connectivity index (χ1n) is 7.38. The largest absolute Gasteiger partial charge is 0.768 e. The Balaban J connectivity index is 2.52. The van der Waals surface area contributed by atoms with Crippen molar-refractivity contribution >= 4 is 39.0 Å². The second-order valence-electron chi connectivity index (χ2n) is 5.79. The second-order valence-corrected chi connectivity index (χ2v) is 8.09. The molecule has 1 unspecified atom stereocenters. The van der Waals surface area contributed by atoms with Crippen LogP contribution in [0.3, 0.4) is 0 Å². The lowest BCUT2D eigenvalue weighted by Gasteiger charge is -2.13. The topological polar surface area (TPSA) is 121 Å². The van der Waals surface area contributed by atoms with E-state index in [-0.39, 0.29) is 27.0 Å². The molecule has 0 saturated heterocycles. The standard InChI is InChI=1S/C17H19NO5S2/c1-11(2)14-6-4-12(16(9-14)24(19)20)3-5-13-7-8-15(18)10-17(13)25(21,22)23/h3-11H,18H2,1-2H3,(H,19,20)(H,21,22,23)/p-1/b5-3+. The average molecular weight is 380 g/mol. The fourth-order valence-electron chi connectivity index (χ4n) is 2.28. The summed E-state index contributed by atoms with van der Waals surface area (Å²) in [5.41, 5.74) is 7.24. The average Bonchev–Trinajstić information content (AvgIpc) is 2.52. The second kappa shape index (κ2) is 7.49. The fourth-order valence-corrected chi connectivity index (χ4v) is 3.56. The molecule has 0 aliphatic carbocycles. The Labute approximate surface area is 149 Å². The highest BCUT2D eigenvalue weighted by molar-refractivity contribution is 7.86. The van der Waals surface area contributed by atoms with E-state index in [2.05, 4.69) is 0 Å². The minimum absolute atomic E-state index is 0.117. The van der Waals surface area contributed by atoms with Crippen LogP contribution in [0.15, 0.2) is 46.2 Å². The van der Waals surface area contributed by atoms with Gasteiger partial charge in [0.15, 0.2) is 0 Å². The Morgan fingerprint density at radius 2 is 1.72 bits per heavy atom. The summed E-state index contributed by atoms with van der Waals surface area (Å²) in [6, 6.07) is 9.12. The summed E-state index contributed by atoms with van der Waals surface area (Å²) in [7, 11) is -4.46. The molecule has 2 aromatic carbocycles. The minimum Gasteiger partial charge on any atom is -0.768 e. The van der Waals surface area contributed by atoms with Crippen molar-refractivity contribution in [3.8, 4) is 0 Å². The van der Waals surface area contributed by atoms with Gasteiger partial charge in [0.05, 0.1) is 0 Å². The number of benzene rings is 2. The summed E-state index contributed by atoms with van der Waals surface area (Å²) in [5, 5.41) is 0. The summed E-state index contributed by atoms with van der Waals surface area (Å²) in [6.45, 7) is 3.91. The third-order valence-corrected chi connectivity index (χ3v) is 5.26. The highest BCUT2D eigenvalue weighted by atomic mass is 32.2. The van der Waals surface area contributed by atoms with Gasteiger partial charge in [0, 0.05) is 10.6 Å². The van der Waals surface area contributed by atoms with Crippen LogP contribution in [0.5, 0.6) is 0 Å². The van der Waals surface area contributed by atoms with Crippen LogP contribution in [0.1, 0.15) is 36.5 Å². The van der Waals surface area contributed by atoms with E-state index in [4.69, 9.17) is 5.73 Å². The van der Waals surface area contributed by atoms with Crippen molar-refractivity contribution < 1.29 is 21.7 Å². The van der Waals surface area contributed by atoms with Crippen molar-refractivity contribution in [2.75, 3.05) is 5.73 Å². The zero-order chi connectivity index (χ0) is 18.8. The van der Waals surface area contributed by atoms with Crippen molar-refractivity contribution in [1.82, 2.24) is 0 Å². The number of anilines is 1. The summed E-state index contributed by atoms with van der Waals surface area (Å²) < 4.78 is 55.3. The molecule has 1 atom stereocenters. The Hall–Kier alpha value is -2.00. The molecular weight excluding hydrogens is 362 g/mol. The molecule has 0 fully saturated rings. The first-order chi connectivity index (χ1) is 11.6. The predicted octanol–water partition coefficient (Wildman–Crippen LogP) is 3.05. The SMILES string of the molecule is CC(C)c1ccc(/C=C/c2ccc(N)cc2S(=O)(=O)O)c(S(=O)[O-])c1. The number of hydrogen-bond donors (Lipinski definition) is 2. The molecule has 25 heavy (non-hydrogen) atoms. The van der Waals surface area contributed by atoms with Crippen LogP contribution in [0, 0.1) is 0 Å². The number of nitrogens with two attached hydrogens (primary N) is 1. The molecule has 0 saturated carbocycles. The summed E-state index contributed by atoms with van der Waals surface area (Å²) in [4.78, 5) is -0.223. The predicted molar refractivity (Wildman–Crippen MR) is 97.3 cm³/mol. The van der Waals surface area contributed by atoms with Crippen LogP contribution in [-0.2, 0) is 21.2 Å². The maximum absolute atomic E-state index is 11.5. The van der Waals surface area contributed by atoms with Crippen LogP contribution in [0.2, 0.25) is 0 Å². The molecule has 0 heterocycles. The lowest BCUT2D eigenvalue weighted by atomic mass is 10.0. The van der Waals surface area contributed by atoms with E-state index in [1.54, 1.807) is 12.1 Å². The normalized spacial score (nSPS) is 13.5. The molecule has 0 amide bonds. The number of hydrogen-bond acceptors (Lipinski definition) is 5. The molecule has 6 nitrogen and oxygen atoms in total. The smallest absolute Gasteiger partial charge is 0.295 e. The van der Waals surface area contributed by atoms with E-state index < -0.39 is 21.2 Å². The van der Waals surface area contributed by atoms with E-state index in [1.165, 1.54) is 24.3 Å². The molecule has 0 aliphatic rings. The molecule has 134 valence electrons. The maximum Gasteiger partial charge on any atom is 0.295 e. The van der Waals surface area contributed by atoms with E-state index in [0.717, 1.165) is 11.6 Å². The summed E-state index contributed by atoms with van der Waals surface area (Å²) in [5.74, 6) is 0.170. The van der Waals surface area contributed by atoms with Gasteiger partial charge in [0.1, 0.15) is 4.90 Å². The van der Waals surface area contributed by atoms with Crippen molar-refractivity contribution in [3.63, 3.8) is 0 Å². The first-order valence-corrected chi connectivity index (χ1v) is 9.89. The number of nitrogen functional groups attached to an aromatic ring is 1. The van der Waals surface area contributed by atoms with Crippen molar-refractivity contribution in [2.24, 2.45) is 0 Å². The van der Waals surface area contributed by atoms with E-state index >= 15 is 0 Å². The molecule has 0 radical (unpaired) electrons. The van der Waals surface area contributed by atoms with E-state index in [1.807, 2.05) is 19.9 Å². The quantitative estimate of drug-likeness (QED) is 0.356. The molecule has 0 bridgehead atoms. The Morgan fingerprint density at radius 3 is 2.28 bits per heavy atom. The van der Waals surface area contributed by atoms with Crippen LogP contribution in [0.25, 0.3) is 12.2 Å². The third-order valence-electron chi connectivity index (χ3n) is 3.64. The van der Waals surface area contributed by atoms with Gasteiger partial charge >= 0.3 is 0 Å². The van der Waals surface area contributed by atoms with Crippen LogP contribution in [0.4, 0.5) is 5.69 Å². The van der Waals surface area contributed by atoms with E-state index in [0.29, 0.717) is 5.56 Å². The van der Waals surface area contributed by atoms with Crippen LogP contribution >= 0.6 is 0 Å². The van der Waals surface area contributed by atoms with Crippen molar-refractivity contribution in [3.05, 3.63) is 53.1 Å². The molecule has 8 heteroatoms. The zero-order valence-corrected chi connectivity index (χ0v) is 15.3. The van der Waals surface area contributed by atoms with E-state index in [9.17, 15) is 21.7 Å². The molecular formula is C17H18NO5S2-. The highest BCUT2D eigenvalue weighted by Gasteiger charge is 2.14. The van der Waals surface area contributed by atoms with Gasteiger partial charge in [-0.2, -0.15) is 8.42 Å². The third kappa shape index (κ3) is 4.76. The van der Waals surface area contributed by atoms with Crippen LogP contribution < -0.4 is 5.73 Å². The van der Waals surface area contributed by atoms with Gasteiger partial charge in [-0.05, 0) is 51.9 Å². The van der Waals surface area contributed by atoms with Gasteiger partial charge < -0.3 is 10.3 Å². The molecule has 3 N–H and O–H groups in total. The molecule has 0 aromatic heterocycles. The summed E-state index contributed by atoms with van der Waals surface area (Å²) in [6.07, 6.45) is 2.90. The lowest BCUT2D eigenvalue weighted by molar-refractivity contribution is 0.483. The van der Waals surface area contributed by atoms with Gasteiger partial charge in [-0.3, -0.25) is 8.76 Å². The van der Waals surface area contributed by atoms with Gasteiger partial charge in [-0.1, -0.05) is 44.2 Å². The maximum atomic E-state index is 11.5. The first kappa shape index (κ1) is 19.3. The van der Waals surface area contributed by atoms with Gasteiger partial charge in [-0.15, -0.1) is 0 Å². The summed E-state index contributed by atoms with van der Waals surface area (Å²) >= 11 is -2.44. The van der Waals surface area contributed by atoms with Gasteiger partial charge in [-0.25, -0.2) is 0 Å². The Morgan fingerprint density at radius 1 is 1.12 bits per heavy atom. The zero-order valence-electron chi connectivity index (χ0n) is 13.7.